The lowest BCUT2D eigenvalue weighted by molar-refractivity contribution is 0.602. The predicted octanol–water partition coefficient (Wildman–Crippen LogP) is 4.21. The highest BCUT2D eigenvalue weighted by atomic mass is 79.9. The highest BCUT2D eigenvalue weighted by Crippen LogP contribution is 2.29. The molecule has 96 valence electrons. The molecule has 0 aliphatic heterocycles. The minimum absolute atomic E-state index is 0.158. The van der Waals surface area contributed by atoms with Gasteiger partial charge in [-0.05, 0) is 61.5 Å². The number of benzene rings is 1. The van der Waals surface area contributed by atoms with E-state index in [-0.39, 0.29) is 14.4 Å². The van der Waals surface area contributed by atoms with Crippen LogP contribution in [0.15, 0.2) is 42.8 Å². The smallest absolute Gasteiger partial charge is 0.272 e. The summed E-state index contributed by atoms with van der Waals surface area (Å²) in [5, 5.41) is 1.65. The molecule has 0 unspecified atom stereocenters. The Morgan fingerprint density at radius 3 is 2.44 bits per heavy atom. The number of sulfonamides is 1. The molecule has 0 fully saturated rings. The van der Waals surface area contributed by atoms with Crippen LogP contribution in [0.5, 0.6) is 0 Å². The van der Waals surface area contributed by atoms with Crippen molar-refractivity contribution in [1.82, 2.24) is 0 Å². The molecule has 0 amide bonds. The van der Waals surface area contributed by atoms with Gasteiger partial charge in [0.15, 0.2) is 4.21 Å². The summed E-state index contributed by atoms with van der Waals surface area (Å²) in [6.45, 7) is 0. The Kier molecular flexibility index (Phi) is 4.10. The second-order valence-electron chi connectivity index (χ2n) is 3.29. The maximum Gasteiger partial charge on any atom is 0.272 e. The lowest BCUT2D eigenvalue weighted by atomic mass is 10.3. The first-order valence-electron chi connectivity index (χ1n) is 4.61. The van der Waals surface area contributed by atoms with E-state index < -0.39 is 15.8 Å². The topological polar surface area (TPSA) is 46.2 Å². The number of anilines is 1. The SMILES string of the molecule is O=S(=O)(Nc1ccc(Br)c(F)c1)c1sccc1Br. The van der Waals surface area contributed by atoms with Crippen molar-refractivity contribution in [2.75, 3.05) is 4.72 Å². The maximum absolute atomic E-state index is 13.3. The van der Waals surface area contributed by atoms with Crippen LogP contribution in [-0.2, 0) is 10.0 Å². The first kappa shape index (κ1) is 14.0. The molecule has 0 atom stereocenters. The van der Waals surface area contributed by atoms with Crippen molar-refractivity contribution < 1.29 is 12.8 Å². The Bertz CT molecular complexity index is 685. The molecular formula is C10H6Br2FNO2S2. The van der Waals surface area contributed by atoms with Gasteiger partial charge in [-0.2, -0.15) is 0 Å². The second kappa shape index (κ2) is 5.28. The lowest BCUT2D eigenvalue weighted by Gasteiger charge is -2.07. The van der Waals surface area contributed by atoms with Gasteiger partial charge in [0.25, 0.3) is 10.0 Å². The van der Waals surface area contributed by atoms with E-state index in [1.165, 1.54) is 12.1 Å². The monoisotopic (exact) mass is 413 g/mol. The van der Waals surface area contributed by atoms with Crippen LogP contribution in [0.25, 0.3) is 0 Å². The standard InChI is InChI=1S/C10H6Br2FNO2S2/c11-7-2-1-6(5-9(7)13)14-18(15,16)10-8(12)3-4-17-10/h1-5,14H. The van der Waals surface area contributed by atoms with Crippen LogP contribution >= 0.6 is 43.2 Å². The Morgan fingerprint density at radius 2 is 1.89 bits per heavy atom. The Hall–Kier alpha value is -0.440. The molecule has 3 nitrogen and oxygen atoms in total. The van der Waals surface area contributed by atoms with Crippen molar-refractivity contribution >= 4 is 58.9 Å². The van der Waals surface area contributed by atoms with Crippen molar-refractivity contribution in [3.8, 4) is 0 Å². The quantitative estimate of drug-likeness (QED) is 0.817. The molecular weight excluding hydrogens is 409 g/mol. The van der Waals surface area contributed by atoms with Gasteiger partial charge in [-0.3, -0.25) is 4.72 Å². The van der Waals surface area contributed by atoms with Gasteiger partial charge in [-0.15, -0.1) is 11.3 Å². The summed E-state index contributed by atoms with van der Waals surface area (Å²) in [5.74, 6) is -0.527. The minimum Gasteiger partial charge on any atom is -0.279 e. The third-order valence-corrected chi connectivity index (χ3v) is 6.69. The van der Waals surface area contributed by atoms with E-state index in [0.29, 0.717) is 4.47 Å². The van der Waals surface area contributed by atoms with E-state index in [4.69, 9.17) is 0 Å². The third kappa shape index (κ3) is 2.93. The number of hydrogen-bond acceptors (Lipinski definition) is 3. The van der Waals surface area contributed by atoms with Crippen molar-refractivity contribution in [2.24, 2.45) is 0 Å². The molecule has 0 aliphatic carbocycles. The molecule has 0 spiro atoms. The van der Waals surface area contributed by atoms with E-state index in [1.54, 1.807) is 11.4 Å². The highest BCUT2D eigenvalue weighted by Gasteiger charge is 2.19. The van der Waals surface area contributed by atoms with Gasteiger partial charge >= 0.3 is 0 Å². The van der Waals surface area contributed by atoms with Crippen LogP contribution in [0.2, 0.25) is 0 Å². The van der Waals surface area contributed by atoms with Crippen molar-refractivity contribution in [2.45, 2.75) is 4.21 Å². The van der Waals surface area contributed by atoms with Crippen LogP contribution < -0.4 is 4.72 Å². The molecule has 2 aromatic rings. The van der Waals surface area contributed by atoms with Gasteiger partial charge in [0.2, 0.25) is 0 Å². The van der Waals surface area contributed by atoms with E-state index in [2.05, 4.69) is 36.6 Å². The molecule has 2 rings (SSSR count). The third-order valence-electron chi connectivity index (χ3n) is 2.00. The van der Waals surface area contributed by atoms with Crippen LogP contribution in [0.3, 0.4) is 0 Å². The number of thiophene rings is 1. The summed E-state index contributed by atoms with van der Waals surface area (Å²) in [5.41, 5.74) is 0.177. The number of hydrogen-bond donors (Lipinski definition) is 1. The molecule has 0 saturated heterocycles. The maximum atomic E-state index is 13.3. The first-order valence-corrected chi connectivity index (χ1v) is 8.56. The van der Waals surface area contributed by atoms with Gasteiger partial charge in [-0.25, -0.2) is 12.8 Å². The average molecular weight is 415 g/mol. The average Bonchev–Trinajstić information content (AvgIpc) is 2.70. The zero-order chi connectivity index (χ0) is 13.3. The van der Waals surface area contributed by atoms with Gasteiger partial charge in [0.05, 0.1) is 10.2 Å². The minimum atomic E-state index is -3.69. The molecule has 0 saturated carbocycles. The summed E-state index contributed by atoms with van der Waals surface area (Å²) in [6.07, 6.45) is 0. The molecule has 1 aromatic carbocycles. The number of nitrogens with one attached hydrogen (secondary N) is 1. The van der Waals surface area contributed by atoms with Gasteiger partial charge in [0.1, 0.15) is 5.82 Å². The molecule has 1 N–H and O–H groups in total. The van der Waals surface area contributed by atoms with E-state index in [1.807, 2.05) is 0 Å². The van der Waals surface area contributed by atoms with Crippen LogP contribution in [-0.4, -0.2) is 8.42 Å². The second-order valence-corrected chi connectivity index (χ2v) is 7.79. The zero-order valence-corrected chi connectivity index (χ0v) is 13.5. The van der Waals surface area contributed by atoms with Gasteiger partial charge in [-0.1, -0.05) is 0 Å². The largest absolute Gasteiger partial charge is 0.279 e. The fourth-order valence-corrected chi connectivity index (χ4v) is 4.87. The molecule has 18 heavy (non-hydrogen) atoms. The zero-order valence-electron chi connectivity index (χ0n) is 8.65. The highest BCUT2D eigenvalue weighted by molar-refractivity contribution is 9.10. The fourth-order valence-electron chi connectivity index (χ4n) is 1.23. The van der Waals surface area contributed by atoms with Crippen LogP contribution in [0.4, 0.5) is 10.1 Å². The van der Waals surface area contributed by atoms with E-state index >= 15 is 0 Å². The van der Waals surface area contributed by atoms with Crippen molar-refractivity contribution in [1.29, 1.82) is 0 Å². The number of rotatable bonds is 3. The molecule has 0 aliphatic rings. The molecule has 1 heterocycles. The molecule has 0 bridgehead atoms. The Labute approximate surface area is 124 Å². The summed E-state index contributed by atoms with van der Waals surface area (Å²) in [4.78, 5) is 0. The van der Waals surface area contributed by atoms with Crippen molar-refractivity contribution in [3.05, 3.63) is 44.4 Å². The summed E-state index contributed by atoms with van der Waals surface area (Å²) < 4.78 is 40.6. The summed E-state index contributed by atoms with van der Waals surface area (Å²) >= 11 is 7.24. The normalized spacial score (nSPS) is 11.5. The molecule has 0 radical (unpaired) electrons. The van der Waals surface area contributed by atoms with E-state index in [0.717, 1.165) is 17.4 Å². The van der Waals surface area contributed by atoms with Crippen LogP contribution in [0, 0.1) is 5.82 Å². The fraction of sp³-hybridized carbons (Fsp3) is 0. The first-order chi connectivity index (χ1) is 8.40. The molecule has 1 aromatic heterocycles. The summed E-state index contributed by atoms with van der Waals surface area (Å²) in [7, 11) is -3.69. The van der Waals surface area contributed by atoms with Crippen LogP contribution in [0.1, 0.15) is 0 Å². The Balaban J connectivity index is 2.34. The van der Waals surface area contributed by atoms with Crippen molar-refractivity contribution in [3.63, 3.8) is 0 Å². The van der Waals surface area contributed by atoms with Gasteiger partial charge < -0.3 is 0 Å². The predicted molar refractivity (Wildman–Crippen MR) is 76.9 cm³/mol. The summed E-state index contributed by atoms with van der Waals surface area (Å²) in [6, 6.07) is 5.67. The lowest BCUT2D eigenvalue weighted by Crippen LogP contribution is -2.12. The number of halogens is 3. The van der Waals surface area contributed by atoms with E-state index in [9.17, 15) is 12.8 Å². The molecule has 8 heteroatoms. The van der Waals surface area contributed by atoms with Gasteiger partial charge in [0, 0.05) is 4.47 Å². The Morgan fingerprint density at radius 1 is 1.17 bits per heavy atom.